The Morgan fingerprint density at radius 3 is 2.73 bits per heavy atom. The molecule has 0 radical (unpaired) electrons. The summed E-state index contributed by atoms with van der Waals surface area (Å²) in [4.78, 5) is 20.7. The zero-order chi connectivity index (χ0) is 11.3. The maximum absolute atomic E-state index is 10.6. The van der Waals surface area contributed by atoms with Crippen LogP contribution in [0, 0.1) is 10.1 Å². The number of rotatable bonds is 4. The van der Waals surface area contributed by atoms with E-state index in [1.54, 1.807) is 18.2 Å². The third-order valence-corrected chi connectivity index (χ3v) is 1.87. The molecule has 0 saturated heterocycles. The number of carbonyl (C=O) groups is 1. The molecular formula is C10H11NO4. The van der Waals surface area contributed by atoms with Gasteiger partial charge in [0.15, 0.2) is 0 Å². The molecule has 0 heterocycles. The average molecular weight is 209 g/mol. The first-order valence-corrected chi connectivity index (χ1v) is 4.47. The van der Waals surface area contributed by atoms with Crippen LogP contribution < -0.4 is 0 Å². The van der Waals surface area contributed by atoms with E-state index in [2.05, 4.69) is 0 Å². The monoisotopic (exact) mass is 209 g/mol. The van der Waals surface area contributed by atoms with Crippen LogP contribution in [0.2, 0.25) is 0 Å². The summed E-state index contributed by atoms with van der Waals surface area (Å²) < 4.78 is 4.72. The van der Waals surface area contributed by atoms with Gasteiger partial charge >= 0.3 is 5.97 Å². The van der Waals surface area contributed by atoms with Gasteiger partial charge in [0, 0.05) is 25.0 Å². The lowest BCUT2D eigenvalue weighted by Gasteiger charge is -2.02. The van der Waals surface area contributed by atoms with Crippen molar-refractivity contribution in [1.29, 1.82) is 0 Å². The molecule has 0 aromatic heterocycles. The van der Waals surface area contributed by atoms with Crippen LogP contribution in [0.25, 0.3) is 0 Å². The second kappa shape index (κ2) is 5.09. The molecule has 5 nitrogen and oxygen atoms in total. The summed E-state index contributed by atoms with van der Waals surface area (Å²) in [5, 5.41) is 10.6. The zero-order valence-corrected chi connectivity index (χ0v) is 8.30. The van der Waals surface area contributed by atoms with Gasteiger partial charge in [-0.2, -0.15) is 0 Å². The van der Waals surface area contributed by atoms with E-state index < -0.39 is 4.92 Å². The first-order chi connectivity index (χ1) is 7.11. The van der Waals surface area contributed by atoms with Gasteiger partial charge in [0.1, 0.15) is 0 Å². The minimum absolute atomic E-state index is 0.0599. The highest BCUT2D eigenvalue weighted by Crippen LogP contribution is 2.17. The average Bonchev–Trinajstić information content (AvgIpc) is 2.17. The highest BCUT2D eigenvalue weighted by molar-refractivity contribution is 5.65. The number of hydrogen-bond acceptors (Lipinski definition) is 4. The molecule has 0 unspecified atom stereocenters. The number of para-hydroxylation sites is 1. The van der Waals surface area contributed by atoms with Crippen molar-refractivity contribution in [2.45, 2.75) is 13.3 Å². The van der Waals surface area contributed by atoms with Gasteiger partial charge in [0.2, 0.25) is 0 Å². The minimum Gasteiger partial charge on any atom is -0.466 e. The molecule has 0 N–H and O–H groups in total. The fourth-order valence-electron chi connectivity index (χ4n) is 1.21. The molecule has 0 bridgehead atoms. The summed E-state index contributed by atoms with van der Waals surface area (Å²) in [5.74, 6) is -0.381. The van der Waals surface area contributed by atoms with Crippen LogP contribution in [0.5, 0.6) is 0 Å². The van der Waals surface area contributed by atoms with Crippen molar-refractivity contribution in [2.75, 3.05) is 6.61 Å². The number of benzene rings is 1. The number of esters is 1. The Balaban J connectivity index is 2.67. The number of nitro groups is 1. The molecule has 0 aliphatic carbocycles. The van der Waals surface area contributed by atoms with Gasteiger partial charge in [0.25, 0.3) is 5.69 Å². The maximum atomic E-state index is 10.6. The molecule has 15 heavy (non-hydrogen) atoms. The van der Waals surface area contributed by atoms with Crippen molar-refractivity contribution in [3.63, 3.8) is 0 Å². The van der Waals surface area contributed by atoms with Crippen molar-refractivity contribution in [1.82, 2.24) is 0 Å². The van der Waals surface area contributed by atoms with Gasteiger partial charge in [-0.1, -0.05) is 18.2 Å². The van der Waals surface area contributed by atoms with Gasteiger partial charge in [0.05, 0.1) is 11.5 Å². The molecule has 0 spiro atoms. The van der Waals surface area contributed by atoms with E-state index in [0.29, 0.717) is 12.0 Å². The fourth-order valence-corrected chi connectivity index (χ4v) is 1.21. The van der Waals surface area contributed by atoms with Crippen LogP contribution >= 0.6 is 0 Å². The smallest absolute Gasteiger partial charge is 0.302 e. The molecule has 1 aromatic carbocycles. The van der Waals surface area contributed by atoms with Gasteiger partial charge in [-0.25, -0.2) is 0 Å². The predicted octanol–water partition coefficient (Wildman–Crippen LogP) is 1.70. The van der Waals surface area contributed by atoms with Crippen molar-refractivity contribution in [3.05, 3.63) is 39.9 Å². The molecule has 80 valence electrons. The lowest BCUT2D eigenvalue weighted by atomic mass is 10.1. The Hall–Kier alpha value is -1.91. The molecule has 0 saturated carbocycles. The quantitative estimate of drug-likeness (QED) is 0.430. The Labute approximate surface area is 86.8 Å². The number of nitrogens with zero attached hydrogens (tertiary/aromatic N) is 1. The van der Waals surface area contributed by atoms with Crippen molar-refractivity contribution >= 4 is 11.7 Å². The van der Waals surface area contributed by atoms with E-state index in [1.165, 1.54) is 13.0 Å². The van der Waals surface area contributed by atoms with E-state index in [4.69, 9.17) is 4.74 Å². The summed E-state index contributed by atoms with van der Waals surface area (Å²) >= 11 is 0. The van der Waals surface area contributed by atoms with Crippen molar-refractivity contribution < 1.29 is 14.5 Å². The van der Waals surface area contributed by atoms with Crippen molar-refractivity contribution in [3.8, 4) is 0 Å². The van der Waals surface area contributed by atoms with Gasteiger partial charge in [-0.05, 0) is 0 Å². The third kappa shape index (κ3) is 3.38. The normalized spacial score (nSPS) is 9.67. The molecule has 0 aliphatic rings. The topological polar surface area (TPSA) is 69.4 Å². The highest BCUT2D eigenvalue weighted by atomic mass is 16.6. The maximum Gasteiger partial charge on any atom is 0.302 e. The Kier molecular flexibility index (Phi) is 3.79. The van der Waals surface area contributed by atoms with Gasteiger partial charge < -0.3 is 4.74 Å². The van der Waals surface area contributed by atoms with Crippen LogP contribution in [-0.4, -0.2) is 17.5 Å². The summed E-state index contributed by atoms with van der Waals surface area (Å²) in [6, 6.07) is 6.41. The number of hydrogen-bond donors (Lipinski definition) is 0. The van der Waals surface area contributed by atoms with Crippen LogP contribution in [0.3, 0.4) is 0 Å². The van der Waals surface area contributed by atoms with Gasteiger partial charge in [-0.15, -0.1) is 0 Å². The summed E-state index contributed by atoms with van der Waals surface area (Å²) in [7, 11) is 0. The van der Waals surface area contributed by atoms with E-state index in [0.717, 1.165) is 0 Å². The SMILES string of the molecule is CC(=O)OCCc1ccccc1[N+](=O)[O-]. The number of ether oxygens (including phenoxy) is 1. The van der Waals surface area contributed by atoms with Crippen molar-refractivity contribution in [2.24, 2.45) is 0 Å². The van der Waals surface area contributed by atoms with Crippen LogP contribution in [-0.2, 0) is 16.0 Å². The van der Waals surface area contributed by atoms with E-state index in [9.17, 15) is 14.9 Å². The molecule has 0 fully saturated rings. The second-order valence-electron chi connectivity index (χ2n) is 2.98. The molecule has 1 rings (SSSR count). The zero-order valence-electron chi connectivity index (χ0n) is 8.30. The molecule has 0 atom stereocenters. The van der Waals surface area contributed by atoms with Crippen LogP contribution in [0.1, 0.15) is 12.5 Å². The summed E-state index contributed by atoms with van der Waals surface area (Å²) in [5.41, 5.74) is 0.633. The Morgan fingerprint density at radius 2 is 2.13 bits per heavy atom. The second-order valence-corrected chi connectivity index (χ2v) is 2.98. The molecule has 5 heteroatoms. The highest BCUT2D eigenvalue weighted by Gasteiger charge is 2.11. The molecule has 0 aliphatic heterocycles. The summed E-state index contributed by atoms with van der Waals surface area (Å²) in [6.45, 7) is 1.47. The Morgan fingerprint density at radius 1 is 1.47 bits per heavy atom. The summed E-state index contributed by atoms with van der Waals surface area (Å²) in [6.07, 6.45) is 0.358. The van der Waals surface area contributed by atoms with E-state index in [-0.39, 0.29) is 18.3 Å². The largest absolute Gasteiger partial charge is 0.466 e. The van der Waals surface area contributed by atoms with Gasteiger partial charge in [-0.3, -0.25) is 14.9 Å². The lowest BCUT2D eigenvalue weighted by Crippen LogP contribution is -2.04. The first kappa shape index (κ1) is 11.2. The van der Waals surface area contributed by atoms with E-state index >= 15 is 0 Å². The number of carbonyl (C=O) groups excluding carboxylic acids is 1. The van der Waals surface area contributed by atoms with E-state index in [1.807, 2.05) is 0 Å². The minimum atomic E-state index is -0.441. The fraction of sp³-hybridized carbons (Fsp3) is 0.300. The van der Waals surface area contributed by atoms with Crippen LogP contribution in [0.4, 0.5) is 5.69 Å². The lowest BCUT2D eigenvalue weighted by molar-refractivity contribution is -0.385. The first-order valence-electron chi connectivity index (χ1n) is 4.47. The standard InChI is InChI=1S/C10H11NO4/c1-8(12)15-7-6-9-4-2-3-5-10(9)11(13)14/h2-5H,6-7H2,1H3. The van der Waals surface area contributed by atoms with Crippen LogP contribution in [0.15, 0.2) is 24.3 Å². The third-order valence-electron chi connectivity index (χ3n) is 1.87. The molecule has 0 amide bonds. The Bertz CT molecular complexity index is 375. The molecule has 1 aromatic rings. The predicted molar refractivity (Wildman–Crippen MR) is 53.4 cm³/mol. The molecular weight excluding hydrogens is 198 g/mol. The number of nitro benzene ring substituents is 1.